The largest absolute Gasteiger partial charge is 0.297 e. The number of aromatic nitrogens is 3. The molecule has 5 heteroatoms. The summed E-state index contributed by atoms with van der Waals surface area (Å²) in [5.41, 5.74) is -0.419. The molecule has 0 fully saturated rings. The third kappa shape index (κ3) is 4.13. The number of carbonyl (C=O) groups excluding carboxylic acids is 1. The van der Waals surface area contributed by atoms with Crippen LogP contribution < -0.4 is 0 Å². The van der Waals surface area contributed by atoms with Gasteiger partial charge >= 0.3 is 0 Å². The van der Waals surface area contributed by atoms with E-state index in [0.717, 1.165) is 31.9 Å². The van der Waals surface area contributed by atoms with Gasteiger partial charge < -0.3 is 0 Å². The first-order chi connectivity index (χ1) is 9.88. The van der Waals surface area contributed by atoms with Gasteiger partial charge in [0.25, 0.3) is 0 Å². The highest BCUT2D eigenvalue weighted by Crippen LogP contribution is 2.22. The number of rotatable bonds is 9. The molecule has 0 saturated heterocycles. The summed E-state index contributed by atoms with van der Waals surface area (Å²) in [6.07, 6.45) is 2.71. The normalized spacial score (nSPS) is 14.7. The maximum atomic E-state index is 12.8. The highest BCUT2D eigenvalue weighted by Gasteiger charge is 2.36. The molecule has 0 bridgehead atoms. The molecule has 1 atom stereocenters. The lowest BCUT2D eigenvalue weighted by atomic mass is 9.88. The Labute approximate surface area is 128 Å². The van der Waals surface area contributed by atoms with Crippen molar-refractivity contribution in [2.75, 3.05) is 13.1 Å². The van der Waals surface area contributed by atoms with Crippen molar-refractivity contribution < 1.29 is 4.79 Å². The number of likely N-dealkylation sites (N-methyl/N-ethyl adjacent to an activating group) is 1. The van der Waals surface area contributed by atoms with Gasteiger partial charge in [-0.2, -0.15) is 5.10 Å². The molecule has 0 aliphatic heterocycles. The molecular formula is C16H30N4O. The summed E-state index contributed by atoms with van der Waals surface area (Å²) in [7, 11) is 0. The number of hydrogen-bond acceptors (Lipinski definition) is 4. The average Bonchev–Trinajstić information content (AvgIpc) is 2.86. The lowest BCUT2D eigenvalue weighted by Crippen LogP contribution is -2.52. The molecule has 120 valence electrons. The molecule has 0 aliphatic carbocycles. The molecular weight excluding hydrogens is 264 g/mol. The molecule has 1 aromatic heterocycles. The molecule has 1 aromatic rings. The molecule has 5 nitrogen and oxygen atoms in total. The first kappa shape index (κ1) is 17.8. The summed E-state index contributed by atoms with van der Waals surface area (Å²) in [6.45, 7) is 15.2. The van der Waals surface area contributed by atoms with E-state index in [1.807, 2.05) is 11.6 Å². The van der Waals surface area contributed by atoms with Crippen LogP contribution in [0.4, 0.5) is 0 Å². The van der Waals surface area contributed by atoms with Crippen molar-refractivity contribution in [3.8, 4) is 0 Å². The summed E-state index contributed by atoms with van der Waals surface area (Å²) in [6, 6.07) is 0. The van der Waals surface area contributed by atoms with E-state index in [-0.39, 0.29) is 5.78 Å². The van der Waals surface area contributed by atoms with Crippen LogP contribution in [0.1, 0.15) is 53.8 Å². The number of ketones is 1. The number of Topliss-reactive ketones (excluding diaryl/α,β-unsaturated/α-hetero) is 1. The van der Waals surface area contributed by atoms with Crippen LogP contribution in [-0.2, 0) is 17.8 Å². The molecule has 1 unspecified atom stereocenters. The smallest absolute Gasteiger partial charge is 0.160 e. The predicted molar refractivity (Wildman–Crippen MR) is 85.2 cm³/mol. The van der Waals surface area contributed by atoms with Gasteiger partial charge in [-0.1, -0.05) is 34.6 Å². The van der Waals surface area contributed by atoms with E-state index in [0.29, 0.717) is 12.3 Å². The Morgan fingerprint density at radius 3 is 2.43 bits per heavy atom. The summed E-state index contributed by atoms with van der Waals surface area (Å²) in [5.74, 6) is 1.49. The van der Waals surface area contributed by atoms with E-state index < -0.39 is 5.54 Å². The van der Waals surface area contributed by atoms with E-state index in [1.54, 1.807) is 6.33 Å². The first-order valence-electron chi connectivity index (χ1n) is 8.03. The SMILES string of the molecule is CCN(CC)C(C)(CC)C(=O)Cc1ncnn1CC(C)C. The lowest BCUT2D eigenvalue weighted by molar-refractivity contribution is -0.130. The van der Waals surface area contributed by atoms with Gasteiger partial charge in [0, 0.05) is 6.54 Å². The number of carbonyl (C=O) groups is 1. The van der Waals surface area contributed by atoms with Gasteiger partial charge in [-0.3, -0.25) is 9.69 Å². The maximum Gasteiger partial charge on any atom is 0.160 e. The molecule has 21 heavy (non-hydrogen) atoms. The minimum atomic E-state index is -0.419. The Morgan fingerprint density at radius 2 is 1.95 bits per heavy atom. The van der Waals surface area contributed by atoms with Crippen molar-refractivity contribution in [1.82, 2.24) is 19.7 Å². The lowest BCUT2D eigenvalue weighted by Gasteiger charge is -2.38. The minimum absolute atomic E-state index is 0.228. The second-order valence-corrected chi connectivity index (χ2v) is 6.15. The van der Waals surface area contributed by atoms with Crippen LogP contribution in [0.15, 0.2) is 6.33 Å². The first-order valence-corrected chi connectivity index (χ1v) is 8.03. The van der Waals surface area contributed by atoms with Crippen LogP contribution in [0.3, 0.4) is 0 Å². The standard InChI is InChI=1S/C16H30N4O/c1-7-16(6,19(8-2)9-3)14(21)10-15-17-12-18-20(15)11-13(4)5/h12-13H,7-11H2,1-6H3. The summed E-state index contributed by atoms with van der Waals surface area (Å²) < 4.78 is 1.86. The molecule has 1 heterocycles. The Bertz CT molecular complexity index is 451. The molecule has 0 aliphatic rings. The second-order valence-electron chi connectivity index (χ2n) is 6.15. The zero-order valence-electron chi connectivity index (χ0n) is 14.4. The highest BCUT2D eigenvalue weighted by molar-refractivity contribution is 5.89. The van der Waals surface area contributed by atoms with Gasteiger partial charge in [0.15, 0.2) is 5.78 Å². The molecule has 0 amide bonds. The molecule has 1 rings (SSSR count). The molecule has 0 N–H and O–H groups in total. The van der Waals surface area contributed by atoms with Crippen LogP contribution in [0.5, 0.6) is 0 Å². The van der Waals surface area contributed by atoms with Crippen molar-refractivity contribution in [3.63, 3.8) is 0 Å². The number of nitrogens with zero attached hydrogens (tertiary/aromatic N) is 4. The molecule has 0 aromatic carbocycles. The van der Waals surface area contributed by atoms with Crippen LogP contribution >= 0.6 is 0 Å². The van der Waals surface area contributed by atoms with Crippen molar-refractivity contribution >= 4 is 5.78 Å². The fourth-order valence-electron chi connectivity index (χ4n) is 2.78. The molecule has 0 spiro atoms. The second kappa shape index (κ2) is 7.69. The minimum Gasteiger partial charge on any atom is -0.297 e. The van der Waals surface area contributed by atoms with E-state index in [1.165, 1.54) is 0 Å². The van der Waals surface area contributed by atoms with E-state index in [9.17, 15) is 4.79 Å². The highest BCUT2D eigenvalue weighted by atomic mass is 16.1. The third-order valence-electron chi connectivity index (χ3n) is 4.30. The monoisotopic (exact) mass is 294 g/mol. The van der Waals surface area contributed by atoms with E-state index in [4.69, 9.17) is 0 Å². The Morgan fingerprint density at radius 1 is 1.33 bits per heavy atom. The van der Waals surface area contributed by atoms with Crippen LogP contribution in [0.25, 0.3) is 0 Å². The summed E-state index contributed by atoms with van der Waals surface area (Å²) in [5, 5.41) is 4.24. The zero-order valence-corrected chi connectivity index (χ0v) is 14.4. The average molecular weight is 294 g/mol. The summed E-state index contributed by atoms with van der Waals surface area (Å²) >= 11 is 0. The zero-order chi connectivity index (χ0) is 16.0. The topological polar surface area (TPSA) is 51.0 Å². The number of hydrogen-bond donors (Lipinski definition) is 0. The van der Waals surface area contributed by atoms with E-state index >= 15 is 0 Å². The Hall–Kier alpha value is -1.23. The third-order valence-corrected chi connectivity index (χ3v) is 4.30. The van der Waals surface area contributed by atoms with Crippen molar-refractivity contribution in [3.05, 3.63) is 12.2 Å². The fourth-order valence-corrected chi connectivity index (χ4v) is 2.78. The molecule has 0 radical (unpaired) electrons. The fraction of sp³-hybridized carbons (Fsp3) is 0.812. The van der Waals surface area contributed by atoms with Gasteiger partial charge in [0.1, 0.15) is 12.2 Å². The van der Waals surface area contributed by atoms with Crippen molar-refractivity contribution in [2.45, 2.75) is 66.5 Å². The Balaban J connectivity index is 2.91. The Kier molecular flexibility index (Phi) is 6.52. The quantitative estimate of drug-likeness (QED) is 0.702. The van der Waals surface area contributed by atoms with Crippen LogP contribution in [-0.4, -0.2) is 44.1 Å². The van der Waals surface area contributed by atoms with Gasteiger partial charge in [-0.05, 0) is 32.4 Å². The van der Waals surface area contributed by atoms with Gasteiger partial charge in [-0.25, -0.2) is 9.67 Å². The van der Waals surface area contributed by atoms with Crippen LogP contribution in [0, 0.1) is 5.92 Å². The van der Waals surface area contributed by atoms with Gasteiger partial charge in [0.05, 0.1) is 12.0 Å². The van der Waals surface area contributed by atoms with Gasteiger partial charge in [0.2, 0.25) is 0 Å². The predicted octanol–water partition coefficient (Wildman–Crippen LogP) is 2.56. The van der Waals surface area contributed by atoms with Crippen molar-refractivity contribution in [2.24, 2.45) is 5.92 Å². The summed E-state index contributed by atoms with van der Waals surface area (Å²) in [4.78, 5) is 19.4. The van der Waals surface area contributed by atoms with Crippen LogP contribution in [0.2, 0.25) is 0 Å². The maximum absolute atomic E-state index is 12.8. The molecule has 0 saturated carbocycles. The van der Waals surface area contributed by atoms with Crippen molar-refractivity contribution in [1.29, 1.82) is 0 Å². The van der Waals surface area contributed by atoms with Gasteiger partial charge in [-0.15, -0.1) is 0 Å². The van der Waals surface area contributed by atoms with E-state index in [2.05, 4.69) is 49.6 Å².